The molecule has 0 radical (unpaired) electrons. The monoisotopic (exact) mass is 423 g/mol. The lowest BCUT2D eigenvalue weighted by Crippen LogP contribution is -2.32. The molecule has 0 saturated heterocycles. The Bertz CT molecular complexity index is 1120. The van der Waals surface area contributed by atoms with Crippen molar-refractivity contribution in [3.8, 4) is 11.5 Å². The second-order valence-corrected chi connectivity index (χ2v) is 6.15. The minimum atomic E-state index is -0.673. The molecule has 0 fully saturated rings. The lowest BCUT2D eigenvalue weighted by Gasteiger charge is -2.09. The summed E-state index contributed by atoms with van der Waals surface area (Å²) in [7, 11) is 1.37. The first kappa shape index (κ1) is 17.2. The van der Waals surface area contributed by atoms with Gasteiger partial charge in [-0.15, -0.1) is 4.68 Å². The number of para-hydroxylation sites is 1. The van der Waals surface area contributed by atoms with Crippen molar-refractivity contribution in [3.63, 3.8) is 0 Å². The molecular formula is C16H11BrClN3O4. The molecule has 3 aromatic rings. The molecule has 1 heterocycles. The minimum Gasteiger partial charge on any atom is -0.503 e. The van der Waals surface area contributed by atoms with Crippen molar-refractivity contribution in [1.82, 2.24) is 9.66 Å². The molecule has 3 rings (SSSR count). The van der Waals surface area contributed by atoms with E-state index in [-0.39, 0.29) is 16.5 Å². The summed E-state index contributed by atoms with van der Waals surface area (Å²) in [5.41, 5.74) is -0.380. The zero-order valence-corrected chi connectivity index (χ0v) is 15.1. The third-order valence-electron chi connectivity index (χ3n) is 3.49. The van der Waals surface area contributed by atoms with E-state index in [9.17, 15) is 14.7 Å². The number of halogens is 2. The maximum absolute atomic E-state index is 12.4. The fraction of sp³-hybridized carbons (Fsp3) is 0.0625. The Labute approximate surface area is 154 Å². The molecule has 7 nitrogen and oxygen atoms in total. The number of nitrogens with zero attached hydrogens (tertiary/aromatic N) is 2. The fourth-order valence-electron chi connectivity index (χ4n) is 2.24. The van der Waals surface area contributed by atoms with Crippen molar-refractivity contribution in [3.05, 3.63) is 66.2 Å². The summed E-state index contributed by atoms with van der Waals surface area (Å²) in [6, 6.07) is 8.10. The molecule has 25 heavy (non-hydrogen) atoms. The molecule has 0 atom stereocenters. The van der Waals surface area contributed by atoms with Gasteiger partial charge in [0.05, 0.1) is 24.2 Å². The third-order valence-corrected chi connectivity index (χ3v) is 4.94. The van der Waals surface area contributed by atoms with Crippen LogP contribution in [0.1, 0.15) is 5.56 Å². The number of benzene rings is 2. The molecule has 0 spiro atoms. The van der Waals surface area contributed by atoms with Gasteiger partial charge in [0.1, 0.15) is 5.02 Å². The first-order valence-corrected chi connectivity index (χ1v) is 8.14. The number of rotatable bonds is 3. The van der Waals surface area contributed by atoms with Crippen LogP contribution < -0.4 is 16.0 Å². The van der Waals surface area contributed by atoms with Crippen LogP contribution in [-0.2, 0) is 0 Å². The normalized spacial score (nSPS) is 11.3. The SMILES string of the molecule is COc1cc(C=Nn2c(=O)[nH]c3ccccc3c2=O)c(Br)c(Cl)c1O. The highest BCUT2D eigenvalue weighted by Crippen LogP contribution is 2.40. The first-order chi connectivity index (χ1) is 11.9. The number of aromatic amines is 1. The van der Waals surface area contributed by atoms with Crippen LogP contribution in [0.25, 0.3) is 10.9 Å². The van der Waals surface area contributed by atoms with E-state index >= 15 is 0 Å². The Morgan fingerprint density at radius 1 is 1.36 bits per heavy atom. The van der Waals surface area contributed by atoms with Crippen molar-refractivity contribution in [1.29, 1.82) is 0 Å². The van der Waals surface area contributed by atoms with Crippen molar-refractivity contribution >= 4 is 44.6 Å². The number of fused-ring (bicyclic) bond motifs is 1. The van der Waals surface area contributed by atoms with Crippen LogP contribution in [0.4, 0.5) is 0 Å². The summed E-state index contributed by atoms with van der Waals surface area (Å²) in [5.74, 6) is -0.0941. The second kappa shape index (κ2) is 6.73. The largest absolute Gasteiger partial charge is 0.503 e. The maximum atomic E-state index is 12.4. The molecule has 9 heteroatoms. The highest BCUT2D eigenvalue weighted by atomic mass is 79.9. The number of hydrogen-bond acceptors (Lipinski definition) is 5. The Hall–Kier alpha value is -2.58. The van der Waals surface area contributed by atoms with Gasteiger partial charge >= 0.3 is 5.69 Å². The number of H-pyrrole nitrogens is 1. The van der Waals surface area contributed by atoms with E-state index in [0.29, 0.717) is 25.6 Å². The summed E-state index contributed by atoms with van der Waals surface area (Å²) in [4.78, 5) is 27.1. The van der Waals surface area contributed by atoms with E-state index in [0.717, 1.165) is 0 Å². The van der Waals surface area contributed by atoms with Crippen LogP contribution >= 0.6 is 27.5 Å². The van der Waals surface area contributed by atoms with Gasteiger partial charge in [0.25, 0.3) is 5.56 Å². The van der Waals surface area contributed by atoms with Gasteiger partial charge in [-0.3, -0.25) is 4.79 Å². The number of hydrogen-bond donors (Lipinski definition) is 2. The number of nitrogens with one attached hydrogen (secondary N) is 1. The summed E-state index contributed by atoms with van der Waals surface area (Å²) < 4.78 is 6.08. The predicted octanol–water partition coefficient (Wildman–Crippen LogP) is 2.70. The number of phenols is 1. The minimum absolute atomic E-state index is 0.0283. The summed E-state index contributed by atoms with van der Waals surface area (Å²) in [6.45, 7) is 0. The van der Waals surface area contributed by atoms with E-state index < -0.39 is 11.2 Å². The molecule has 0 amide bonds. The van der Waals surface area contributed by atoms with Gasteiger partial charge in [-0.2, -0.15) is 5.10 Å². The van der Waals surface area contributed by atoms with Crippen molar-refractivity contribution in [2.24, 2.45) is 5.10 Å². The van der Waals surface area contributed by atoms with E-state index in [1.165, 1.54) is 19.4 Å². The quantitative estimate of drug-likeness (QED) is 0.632. The van der Waals surface area contributed by atoms with Gasteiger partial charge in [0.2, 0.25) is 0 Å². The molecule has 128 valence electrons. The molecule has 0 aliphatic carbocycles. The van der Waals surface area contributed by atoms with E-state index in [1.807, 2.05) is 0 Å². The van der Waals surface area contributed by atoms with Crippen LogP contribution in [0.2, 0.25) is 5.02 Å². The van der Waals surface area contributed by atoms with Gasteiger partial charge in [-0.05, 0) is 34.1 Å². The van der Waals surface area contributed by atoms with Crippen LogP contribution in [0.15, 0.2) is 49.5 Å². The highest BCUT2D eigenvalue weighted by molar-refractivity contribution is 9.10. The Morgan fingerprint density at radius 2 is 2.08 bits per heavy atom. The molecule has 0 bridgehead atoms. The zero-order chi connectivity index (χ0) is 18.1. The zero-order valence-electron chi connectivity index (χ0n) is 12.8. The number of phenolic OH excluding ortho intramolecular Hbond substituents is 1. The van der Waals surface area contributed by atoms with Gasteiger partial charge in [-0.25, -0.2) is 4.79 Å². The van der Waals surface area contributed by atoms with Gasteiger partial charge < -0.3 is 14.8 Å². The van der Waals surface area contributed by atoms with Crippen LogP contribution in [0, 0.1) is 0 Å². The Kier molecular flexibility index (Phi) is 4.65. The predicted molar refractivity (Wildman–Crippen MR) is 99.2 cm³/mol. The van der Waals surface area contributed by atoms with Gasteiger partial charge in [0, 0.05) is 10.0 Å². The highest BCUT2D eigenvalue weighted by Gasteiger charge is 2.14. The molecular weight excluding hydrogens is 414 g/mol. The number of aromatic nitrogens is 2. The van der Waals surface area contributed by atoms with E-state index in [2.05, 4.69) is 26.0 Å². The van der Waals surface area contributed by atoms with E-state index in [4.69, 9.17) is 16.3 Å². The molecule has 2 N–H and O–H groups in total. The molecule has 2 aromatic carbocycles. The first-order valence-electron chi connectivity index (χ1n) is 6.97. The van der Waals surface area contributed by atoms with Crippen molar-refractivity contribution in [2.75, 3.05) is 7.11 Å². The van der Waals surface area contributed by atoms with E-state index in [1.54, 1.807) is 24.3 Å². The molecule has 0 saturated carbocycles. The molecule has 1 aromatic heterocycles. The number of ether oxygens (including phenoxy) is 1. The average molecular weight is 425 g/mol. The standard InChI is InChI=1S/C16H11BrClN3O4/c1-25-11-6-8(12(17)13(18)14(11)22)7-19-21-15(23)9-4-2-3-5-10(9)20-16(21)24/h2-7,22H,1H3,(H,20,24). The van der Waals surface area contributed by atoms with Crippen molar-refractivity contribution in [2.45, 2.75) is 0 Å². The van der Waals surface area contributed by atoms with Gasteiger partial charge in [0.15, 0.2) is 11.5 Å². The summed E-state index contributed by atoms with van der Waals surface area (Å²) in [6.07, 6.45) is 1.27. The van der Waals surface area contributed by atoms with Crippen LogP contribution in [0.5, 0.6) is 11.5 Å². The number of aromatic hydroxyl groups is 1. The summed E-state index contributed by atoms with van der Waals surface area (Å²) >= 11 is 9.25. The van der Waals surface area contributed by atoms with Crippen LogP contribution in [-0.4, -0.2) is 28.1 Å². The third kappa shape index (κ3) is 3.06. The summed E-state index contributed by atoms with van der Waals surface area (Å²) in [5, 5.41) is 14.2. The lowest BCUT2D eigenvalue weighted by atomic mass is 10.2. The average Bonchev–Trinajstić information content (AvgIpc) is 2.61. The lowest BCUT2D eigenvalue weighted by molar-refractivity contribution is 0.373. The fourth-order valence-corrected chi connectivity index (χ4v) is 2.85. The smallest absolute Gasteiger partial charge is 0.349 e. The Balaban J connectivity index is 2.16. The molecule has 0 aliphatic rings. The maximum Gasteiger partial charge on any atom is 0.349 e. The van der Waals surface area contributed by atoms with Crippen molar-refractivity contribution < 1.29 is 9.84 Å². The number of methoxy groups -OCH3 is 1. The molecule has 0 unspecified atom stereocenters. The molecule has 0 aliphatic heterocycles. The second-order valence-electron chi connectivity index (χ2n) is 4.98. The topological polar surface area (TPSA) is 96.7 Å². The Morgan fingerprint density at radius 3 is 2.80 bits per heavy atom. The van der Waals surface area contributed by atoms with Gasteiger partial charge in [-0.1, -0.05) is 23.7 Å². The van der Waals surface area contributed by atoms with Crippen LogP contribution in [0.3, 0.4) is 0 Å².